The highest BCUT2D eigenvalue weighted by atomic mass is 16.3. The van der Waals surface area contributed by atoms with Gasteiger partial charge < -0.3 is 9.32 Å². The number of fused-ring (bicyclic) bond motifs is 3. The van der Waals surface area contributed by atoms with E-state index in [0.29, 0.717) is 23.6 Å². The van der Waals surface area contributed by atoms with E-state index in [1.165, 1.54) is 36.8 Å². The van der Waals surface area contributed by atoms with Crippen LogP contribution in [0.15, 0.2) is 27.6 Å². The first-order chi connectivity index (χ1) is 14.7. The number of carbonyl (C=O) groups excluding carboxylic acids is 1. The second kappa shape index (κ2) is 7.91. The number of aromatic nitrogens is 3. The first-order valence-corrected chi connectivity index (χ1v) is 11.2. The molecule has 3 aromatic heterocycles. The Morgan fingerprint density at radius 2 is 1.90 bits per heavy atom. The molecule has 30 heavy (non-hydrogen) atoms. The molecule has 0 bridgehead atoms. The molecule has 1 aliphatic heterocycles. The van der Waals surface area contributed by atoms with E-state index in [4.69, 9.17) is 4.42 Å². The minimum Gasteiger partial charge on any atom is -0.463 e. The molecule has 0 unspecified atom stereocenters. The molecule has 160 valence electrons. The van der Waals surface area contributed by atoms with Gasteiger partial charge in [-0.3, -0.25) is 18.9 Å². The van der Waals surface area contributed by atoms with Crippen molar-refractivity contribution in [3.05, 3.63) is 34.6 Å². The molecule has 1 saturated carbocycles. The SMILES string of the molecule is CCc1nn(CC(=O)N2CCN(C3CCCCC3)CC2)c(=O)c2cc3occc3n12. The summed E-state index contributed by atoms with van der Waals surface area (Å²) in [6, 6.07) is 4.26. The van der Waals surface area contributed by atoms with Gasteiger partial charge in [-0.2, -0.15) is 5.10 Å². The Balaban J connectivity index is 1.32. The van der Waals surface area contributed by atoms with E-state index < -0.39 is 0 Å². The summed E-state index contributed by atoms with van der Waals surface area (Å²) in [5.41, 5.74) is 1.74. The van der Waals surface area contributed by atoms with Gasteiger partial charge in [0.25, 0.3) is 5.56 Å². The summed E-state index contributed by atoms with van der Waals surface area (Å²) >= 11 is 0. The highest BCUT2D eigenvalue weighted by molar-refractivity contribution is 5.82. The third kappa shape index (κ3) is 3.33. The van der Waals surface area contributed by atoms with Gasteiger partial charge in [-0.25, -0.2) is 4.68 Å². The van der Waals surface area contributed by atoms with E-state index in [0.717, 1.165) is 37.5 Å². The Bertz CT molecular complexity index is 1110. The molecule has 8 nitrogen and oxygen atoms in total. The average molecular weight is 412 g/mol. The van der Waals surface area contributed by atoms with Crippen molar-refractivity contribution in [1.29, 1.82) is 0 Å². The molecule has 0 atom stereocenters. The first-order valence-electron chi connectivity index (χ1n) is 11.2. The number of aryl methyl sites for hydroxylation is 1. The van der Waals surface area contributed by atoms with Crippen molar-refractivity contribution in [1.82, 2.24) is 24.0 Å². The maximum Gasteiger partial charge on any atom is 0.291 e. The van der Waals surface area contributed by atoms with E-state index in [-0.39, 0.29) is 18.0 Å². The molecule has 4 heterocycles. The van der Waals surface area contributed by atoms with Crippen LogP contribution < -0.4 is 5.56 Å². The van der Waals surface area contributed by atoms with Crippen LogP contribution in [0.5, 0.6) is 0 Å². The lowest BCUT2D eigenvalue weighted by atomic mass is 9.94. The molecule has 2 fully saturated rings. The molecular formula is C22H29N5O3. The van der Waals surface area contributed by atoms with Gasteiger partial charge in [0.2, 0.25) is 5.91 Å². The quantitative estimate of drug-likeness (QED) is 0.658. The number of amides is 1. The van der Waals surface area contributed by atoms with Gasteiger partial charge >= 0.3 is 0 Å². The fourth-order valence-electron chi connectivity index (χ4n) is 5.07. The summed E-state index contributed by atoms with van der Waals surface area (Å²) in [5.74, 6) is 0.713. The molecule has 0 N–H and O–H groups in total. The smallest absolute Gasteiger partial charge is 0.291 e. The van der Waals surface area contributed by atoms with Crippen LogP contribution in [-0.4, -0.2) is 62.1 Å². The zero-order valence-corrected chi connectivity index (χ0v) is 17.5. The summed E-state index contributed by atoms with van der Waals surface area (Å²) in [6.07, 6.45) is 8.84. The van der Waals surface area contributed by atoms with Crippen LogP contribution in [0.25, 0.3) is 16.6 Å². The molecule has 0 radical (unpaired) electrons. The van der Waals surface area contributed by atoms with Crippen molar-refractivity contribution >= 4 is 22.5 Å². The molecule has 3 aromatic rings. The predicted molar refractivity (Wildman–Crippen MR) is 114 cm³/mol. The molecule has 2 aliphatic rings. The van der Waals surface area contributed by atoms with Crippen molar-refractivity contribution < 1.29 is 9.21 Å². The van der Waals surface area contributed by atoms with Crippen molar-refractivity contribution in [2.24, 2.45) is 0 Å². The minimum absolute atomic E-state index is 0.0156. The maximum atomic E-state index is 13.0. The number of furan rings is 1. The molecule has 0 spiro atoms. The van der Waals surface area contributed by atoms with Gasteiger partial charge in [-0.15, -0.1) is 0 Å². The Morgan fingerprint density at radius 1 is 1.13 bits per heavy atom. The summed E-state index contributed by atoms with van der Waals surface area (Å²) in [6.45, 7) is 5.28. The van der Waals surface area contributed by atoms with Crippen molar-refractivity contribution in [2.75, 3.05) is 26.2 Å². The first kappa shape index (κ1) is 19.4. The van der Waals surface area contributed by atoms with Gasteiger partial charge in [0, 0.05) is 50.8 Å². The second-order valence-electron chi connectivity index (χ2n) is 8.48. The van der Waals surface area contributed by atoms with Crippen LogP contribution >= 0.6 is 0 Å². The topological polar surface area (TPSA) is 76.0 Å². The van der Waals surface area contributed by atoms with Crippen LogP contribution in [0.1, 0.15) is 44.9 Å². The van der Waals surface area contributed by atoms with Crippen molar-refractivity contribution in [3.63, 3.8) is 0 Å². The standard InChI is InChI=1S/C22H29N5O3/c1-2-20-23-26(22(29)18-14-19-17(27(18)20)8-13-30-19)15-21(28)25-11-9-24(10-12-25)16-6-4-3-5-7-16/h8,13-14,16H,2-7,9-12,15H2,1H3. The van der Waals surface area contributed by atoms with E-state index >= 15 is 0 Å². The number of rotatable bonds is 4. The molecule has 1 saturated heterocycles. The van der Waals surface area contributed by atoms with Gasteiger partial charge in [-0.05, 0) is 12.8 Å². The van der Waals surface area contributed by atoms with Crippen LogP contribution in [0.2, 0.25) is 0 Å². The normalized spacial score (nSPS) is 19.2. The number of hydrogen-bond acceptors (Lipinski definition) is 5. The molecule has 5 rings (SSSR count). The Kier molecular flexibility index (Phi) is 5.10. The fraction of sp³-hybridized carbons (Fsp3) is 0.591. The molecular weight excluding hydrogens is 382 g/mol. The summed E-state index contributed by atoms with van der Waals surface area (Å²) < 4.78 is 8.62. The third-order valence-electron chi connectivity index (χ3n) is 6.73. The predicted octanol–water partition coefficient (Wildman–Crippen LogP) is 2.28. The Morgan fingerprint density at radius 3 is 2.63 bits per heavy atom. The number of hydrogen-bond donors (Lipinski definition) is 0. The minimum atomic E-state index is -0.257. The monoisotopic (exact) mass is 411 g/mol. The summed E-state index contributed by atoms with van der Waals surface area (Å²) in [5, 5.41) is 4.51. The van der Waals surface area contributed by atoms with Crippen LogP contribution in [0, 0.1) is 0 Å². The zero-order valence-electron chi connectivity index (χ0n) is 17.5. The van der Waals surface area contributed by atoms with Gasteiger partial charge in [0.05, 0.1) is 11.8 Å². The van der Waals surface area contributed by atoms with E-state index in [9.17, 15) is 9.59 Å². The summed E-state index contributed by atoms with van der Waals surface area (Å²) in [7, 11) is 0. The van der Waals surface area contributed by atoms with Crippen LogP contribution in [0.3, 0.4) is 0 Å². The molecule has 0 aromatic carbocycles. The lowest BCUT2D eigenvalue weighted by molar-refractivity contribution is -0.134. The number of nitrogens with zero attached hydrogens (tertiary/aromatic N) is 5. The highest BCUT2D eigenvalue weighted by Crippen LogP contribution is 2.24. The lowest BCUT2D eigenvalue weighted by Gasteiger charge is -2.40. The average Bonchev–Trinajstić information content (AvgIpc) is 3.38. The number of carbonyl (C=O) groups is 1. The zero-order chi connectivity index (χ0) is 20.7. The van der Waals surface area contributed by atoms with E-state index in [1.807, 2.05) is 22.3 Å². The van der Waals surface area contributed by atoms with Crippen molar-refractivity contribution in [3.8, 4) is 0 Å². The van der Waals surface area contributed by atoms with Gasteiger partial charge in [0.15, 0.2) is 5.58 Å². The van der Waals surface area contributed by atoms with Crippen LogP contribution in [-0.2, 0) is 17.8 Å². The van der Waals surface area contributed by atoms with E-state index in [2.05, 4.69) is 10.00 Å². The lowest BCUT2D eigenvalue weighted by Crippen LogP contribution is -2.53. The summed E-state index contributed by atoms with van der Waals surface area (Å²) in [4.78, 5) is 30.4. The second-order valence-corrected chi connectivity index (χ2v) is 8.48. The molecule has 8 heteroatoms. The Hall–Kier alpha value is -2.61. The Labute approximate surface area is 175 Å². The van der Waals surface area contributed by atoms with Crippen molar-refractivity contribution in [2.45, 2.75) is 58.0 Å². The van der Waals surface area contributed by atoms with Gasteiger partial charge in [-0.1, -0.05) is 26.2 Å². The van der Waals surface area contributed by atoms with Gasteiger partial charge in [0.1, 0.15) is 17.9 Å². The molecule has 1 aliphatic carbocycles. The fourth-order valence-corrected chi connectivity index (χ4v) is 5.07. The number of piperazine rings is 1. The highest BCUT2D eigenvalue weighted by Gasteiger charge is 2.27. The largest absolute Gasteiger partial charge is 0.463 e. The van der Waals surface area contributed by atoms with Crippen LogP contribution in [0.4, 0.5) is 0 Å². The third-order valence-corrected chi connectivity index (χ3v) is 6.73. The maximum absolute atomic E-state index is 13.0. The van der Waals surface area contributed by atoms with E-state index in [1.54, 1.807) is 12.3 Å². The molecule has 1 amide bonds.